The Bertz CT molecular complexity index is 925. The van der Waals surface area contributed by atoms with Gasteiger partial charge in [0.2, 0.25) is 0 Å². The number of aromatic nitrogens is 1. The maximum Gasteiger partial charge on any atom is 0.416 e. The van der Waals surface area contributed by atoms with Crippen LogP contribution in [0.4, 0.5) is 18.9 Å². The van der Waals surface area contributed by atoms with Crippen LogP contribution < -0.4 is 4.90 Å². The van der Waals surface area contributed by atoms with Gasteiger partial charge in [-0.1, -0.05) is 25.0 Å². The van der Waals surface area contributed by atoms with Gasteiger partial charge in [0.15, 0.2) is 5.51 Å². The van der Waals surface area contributed by atoms with E-state index < -0.39 is 11.7 Å². The molecule has 1 aromatic heterocycles. The van der Waals surface area contributed by atoms with Crippen LogP contribution >= 0.6 is 11.3 Å². The molecule has 3 aromatic rings. The van der Waals surface area contributed by atoms with Gasteiger partial charge >= 0.3 is 6.18 Å². The summed E-state index contributed by atoms with van der Waals surface area (Å²) in [5.41, 5.74) is 5.66. The lowest BCUT2D eigenvalue weighted by Gasteiger charge is -2.33. The fraction of sp³-hybridized carbons (Fsp3) is 0.435. The summed E-state index contributed by atoms with van der Waals surface area (Å²) in [5.74, 6) is 0.749. The first-order chi connectivity index (χ1) is 14.0. The highest BCUT2D eigenvalue weighted by molar-refractivity contribution is 7.16. The second-order valence-corrected chi connectivity index (χ2v) is 8.65. The van der Waals surface area contributed by atoms with Crippen LogP contribution in [-0.2, 0) is 12.6 Å². The molecular formula is C23H24F3N2S. The maximum atomic E-state index is 12.6. The number of anilines is 1. The Balaban J connectivity index is 1.18. The average Bonchev–Trinajstić information content (AvgIpc) is 3.19. The van der Waals surface area contributed by atoms with Crippen LogP contribution in [0.5, 0.6) is 0 Å². The van der Waals surface area contributed by atoms with Gasteiger partial charge in [-0.2, -0.15) is 13.2 Å². The van der Waals surface area contributed by atoms with E-state index in [0.717, 1.165) is 49.4 Å². The van der Waals surface area contributed by atoms with Crippen molar-refractivity contribution < 1.29 is 13.2 Å². The quantitative estimate of drug-likeness (QED) is 0.413. The molecule has 6 heteroatoms. The lowest BCUT2D eigenvalue weighted by Crippen LogP contribution is -2.33. The van der Waals surface area contributed by atoms with Gasteiger partial charge in [-0.3, -0.25) is 0 Å². The lowest BCUT2D eigenvalue weighted by molar-refractivity contribution is -0.137. The number of hydrogen-bond acceptors (Lipinski definition) is 3. The summed E-state index contributed by atoms with van der Waals surface area (Å²) in [7, 11) is 0. The molecule has 2 nitrogen and oxygen atoms in total. The first kappa shape index (κ1) is 20.2. The highest BCUT2D eigenvalue weighted by Gasteiger charge is 2.29. The first-order valence-corrected chi connectivity index (χ1v) is 11.0. The Labute approximate surface area is 173 Å². The van der Waals surface area contributed by atoms with E-state index in [2.05, 4.69) is 33.6 Å². The molecule has 0 spiro atoms. The highest BCUT2D eigenvalue weighted by Crippen LogP contribution is 2.31. The zero-order valence-electron chi connectivity index (χ0n) is 16.2. The normalized spacial score (nSPS) is 15.9. The molecule has 0 amide bonds. The van der Waals surface area contributed by atoms with E-state index in [1.807, 2.05) is 0 Å². The topological polar surface area (TPSA) is 16.1 Å². The number of nitrogens with zero attached hydrogens (tertiary/aromatic N) is 2. The van der Waals surface area contributed by atoms with E-state index in [0.29, 0.717) is 0 Å². The number of halogens is 3. The molecule has 0 saturated carbocycles. The van der Waals surface area contributed by atoms with Gasteiger partial charge < -0.3 is 4.90 Å². The molecule has 2 aromatic carbocycles. The Hall–Kier alpha value is -2.08. The fourth-order valence-corrected chi connectivity index (χ4v) is 4.74. The Morgan fingerprint density at radius 3 is 2.52 bits per heavy atom. The summed E-state index contributed by atoms with van der Waals surface area (Å²) < 4.78 is 39.0. The maximum absolute atomic E-state index is 12.6. The summed E-state index contributed by atoms with van der Waals surface area (Å²) >= 11 is 1.56. The zero-order chi connectivity index (χ0) is 20.3. The molecule has 1 fully saturated rings. The minimum Gasteiger partial charge on any atom is -0.371 e. The lowest BCUT2D eigenvalue weighted by atomic mass is 9.90. The molecule has 1 aliphatic heterocycles. The van der Waals surface area contributed by atoms with Crippen LogP contribution in [0.1, 0.15) is 43.2 Å². The van der Waals surface area contributed by atoms with Crippen molar-refractivity contribution in [3.63, 3.8) is 0 Å². The molecule has 0 aliphatic carbocycles. The number of fused-ring (bicyclic) bond motifs is 1. The molecule has 0 bridgehead atoms. The fourth-order valence-electron chi connectivity index (χ4n) is 4.10. The second kappa shape index (κ2) is 8.74. The summed E-state index contributed by atoms with van der Waals surface area (Å²) in [6, 6.07) is 12.0. The van der Waals surface area contributed by atoms with Crippen LogP contribution in [0.2, 0.25) is 0 Å². The molecule has 2 heterocycles. The number of rotatable bonds is 6. The van der Waals surface area contributed by atoms with Crippen LogP contribution in [0.25, 0.3) is 10.2 Å². The number of benzene rings is 2. The third-order valence-corrected chi connectivity index (χ3v) is 6.58. The molecule has 1 saturated heterocycles. The second-order valence-electron chi connectivity index (χ2n) is 7.83. The van der Waals surface area contributed by atoms with Crippen molar-refractivity contribution in [1.82, 2.24) is 4.98 Å². The minimum atomic E-state index is -4.25. The average molecular weight is 418 g/mol. The van der Waals surface area contributed by atoms with E-state index in [4.69, 9.17) is 0 Å². The van der Waals surface area contributed by atoms with Crippen LogP contribution in [0, 0.1) is 11.4 Å². The van der Waals surface area contributed by atoms with E-state index >= 15 is 0 Å². The minimum absolute atomic E-state index is 0.569. The van der Waals surface area contributed by atoms with E-state index in [-0.39, 0.29) is 0 Å². The summed E-state index contributed by atoms with van der Waals surface area (Å²) in [5, 5.41) is 0. The molecule has 153 valence electrons. The number of thiazole rings is 1. The number of unbranched alkanes of at least 4 members (excludes halogenated alkanes) is 1. The standard InChI is InChI=1S/C23H24F3N2S/c24-23(25,26)19-7-5-17(6-8-19)3-1-2-4-18-11-13-28(14-12-18)20-9-10-21-22(15-20)29-16-27-21/h5-10,15,18H,1-4,11-14H2. The van der Waals surface area contributed by atoms with Crippen molar-refractivity contribution in [3.8, 4) is 0 Å². The third kappa shape index (κ3) is 5.10. The number of hydrogen-bond donors (Lipinski definition) is 0. The third-order valence-electron chi connectivity index (χ3n) is 5.85. The predicted octanol–water partition coefficient (Wildman–Crippen LogP) is 6.74. The predicted molar refractivity (Wildman–Crippen MR) is 112 cm³/mol. The van der Waals surface area contributed by atoms with Gasteiger partial charge in [0.05, 0.1) is 15.8 Å². The number of piperidine rings is 1. The van der Waals surface area contributed by atoms with Gasteiger partial charge in [0.1, 0.15) is 0 Å². The zero-order valence-corrected chi connectivity index (χ0v) is 17.0. The van der Waals surface area contributed by atoms with Crippen molar-refractivity contribution in [3.05, 3.63) is 59.1 Å². The van der Waals surface area contributed by atoms with Gasteiger partial charge in [0.25, 0.3) is 0 Å². The molecule has 1 aliphatic rings. The summed E-state index contributed by atoms with van der Waals surface area (Å²) in [6.45, 7) is 2.16. The molecule has 0 N–H and O–H groups in total. The van der Waals surface area contributed by atoms with Crippen molar-refractivity contribution >= 4 is 27.2 Å². The summed E-state index contributed by atoms with van der Waals surface area (Å²) in [6.07, 6.45) is 2.37. The largest absolute Gasteiger partial charge is 0.416 e. The smallest absolute Gasteiger partial charge is 0.371 e. The van der Waals surface area contributed by atoms with E-state index in [1.54, 1.807) is 23.5 Å². The highest BCUT2D eigenvalue weighted by atomic mass is 32.1. The molecule has 0 unspecified atom stereocenters. The molecule has 4 rings (SSSR count). The Kier molecular flexibility index (Phi) is 6.09. The number of alkyl halides is 3. The van der Waals surface area contributed by atoms with Crippen molar-refractivity contribution in [1.29, 1.82) is 0 Å². The molecular weight excluding hydrogens is 393 g/mol. The van der Waals surface area contributed by atoms with Gasteiger partial charge in [-0.05, 0) is 67.5 Å². The molecule has 29 heavy (non-hydrogen) atoms. The van der Waals surface area contributed by atoms with Gasteiger partial charge in [-0.15, -0.1) is 11.3 Å². The van der Waals surface area contributed by atoms with Crippen molar-refractivity contribution in [2.45, 2.75) is 44.7 Å². The SMILES string of the molecule is FC(F)(F)c1ccc(CCCCC2CCN(c3ccc4n[c]sc4c3)CC2)cc1. The van der Waals surface area contributed by atoms with Crippen LogP contribution in [0.15, 0.2) is 42.5 Å². The van der Waals surface area contributed by atoms with Gasteiger partial charge in [0, 0.05) is 18.8 Å². The molecule has 1 radical (unpaired) electrons. The molecule has 0 atom stereocenters. The van der Waals surface area contributed by atoms with Crippen LogP contribution in [0.3, 0.4) is 0 Å². The Morgan fingerprint density at radius 2 is 1.79 bits per heavy atom. The monoisotopic (exact) mass is 417 g/mol. The van der Waals surface area contributed by atoms with Crippen molar-refractivity contribution in [2.24, 2.45) is 5.92 Å². The van der Waals surface area contributed by atoms with E-state index in [9.17, 15) is 13.2 Å². The Morgan fingerprint density at radius 1 is 1.03 bits per heavy atom. The van der Waals surface area contributed by atoms with Gasteiger partial charge in [-0.25, -0.2) is 4.98 Å². The van der Waals surface area contributed by atoms with E-state index in [1.165, 1.54) is 41.8 Å². The number of aryl methyl sites for hydroxylation is 1. The first-order valence-electron chi connectivity index (χ1n) is 10.2. The summed E-state index contributed by atoms with van der Waals surface area (Å²) in [4.78, 5) is 6.68. The van der Waals surface area contributed by atoms with Crippen molar-refractivity contribution in [2.75, 3.05) is 18.0 Å². The van der Waals surface area contributed by atoms with Crippen LogP contribution in [-0.4, -0.2) is 18.1 Å².